The van der Waals surface area contributed by atoms with Gasteiger partial charge in [-0.15, -0.1) is 5.10 Å². The van der Waals surface area contributed by atoms with Gasteiger partial charge in [-0.2, -0.15) is 4.98 Å². The van der Waals surface area contributed by atoms with Crippen LogP contribution in [0, 0.1) is 12.7 Å². The zero-order valence-electron chi connectivity index (χ0n) is 11.7. The summed E-state index contributed by atoms with van der Waals surface area (Å²) in [5.74, 6) is 0.866. The van der Waals surface area contributed by atoms with E-state index in [0.29, 0.717) is 28.9 Å². The van der Waals surface area contributed by atoms with Crippen LogP contribution in [0.5, 0.6) is 0 Å². The minimum absolute atomic E-state index is 0.246. The van der Waals surface area contributed by atoms with E-state index < -0.39 is 0 Å². The van der Waals surface area contributed by atoms with Crippen LogP contribution >= 0.6 is 0 Å². The van der Waals surface area contributed by atoms with Gasteiger partial charge in [0.15, 0.2) is 5.82 Å². The number of halogens is 1. The van der Waals surface area contributed by atoms with Gasteiger partial charge in [-0.1, -0.05) is 12.1 Å². The summed E-state index contributed by atoms with van der Waals surface area (Å²) >= 11 is 0. The highest BCUT2D eigenvalue weighted by atomic mass is 19.1. The average molecular weight is 275 g/mol. The third-order valence-corrected chi connectivity index (χ3v) is 3.57. The molecule has 106 valence electrons. The van der Waals surface area contributed by atoms with E-state index in [1.165, 1.54) is 0 Å². The highest BCUT2D eigenvalue weighted by Gasteiger charge is 2.20. The summed E-state index contributed by atoms with van der Waals surface area (Å²) < 4.78 is 14.1. The Morgan fingerprint density at radius 1 is 1.40 bits per heavy atom. The molecule has 1 saturated heterocycles. The molecule has 1 fully saturated rings. The molecule has 0 unspecified atom stereocenters. The molecule has 0 radical (unpaired) electrons. The van der Waals surface area contributed by atoms with Gasteiger partial charge < -0.3 is 10.2 Å². The van der Waals surface area contributed by atoms with Crippen molar-refractivity contribution in [2.75, 3.05) is 24.5 Å². The van der Waals surface area contributed by atoms with Crippen LogP contribution in [-0.4, -0.2) is 40.9 Å². The number of nitrogens with zero attached hydrogens (tertiary/aromatic N) is 3. The Morgan fingerprint density at radius 3 is 3.05 bits per heavy atom. The lowest BCUT2D eigenvalue weighted by Crippen LogP contribution is -2.49. The zero-order chi connectivity index (χ0) is 14.1. The quantitative estimate of drug-likeness (QED) is 0.876. The van der Waals surface area contributed by atoms with Crippen molar-refractivity contribution in [1.82, 2.24) is 20.5 Å². The predicted molar refractivity (Wildman–Crippen MR) is 76.2 cm³/mol. The minimum atomic E-state index is -0.246. The molecular formula is C14H18FN5. The fourth-order valence-corrected chi connectivity index (χ4v) is 2.46. The number of hydrogen-bond acceptors (Lipinski definition) is 4. The molecule has 5 nitrogen and oxygen atoms in total. The predicted octanol–water partition coefficient (Wildman–Crippen LogP) is 1.72. The molecule has 0 saturated carbocycles. The van der Waals surface area contributed by atoms with Crippen molar-refractivity contribution in [1.29, 1.82) is 0 Å². The fraction of sp³-hybridized carbons (Fsp3) is 0.429. The van der Waals surface area contributed by atoms with Gasteiger partial charge in [0.1, 0.15) is 5.82 Å². The van der Waals surface area contributed by atoms with Crippen molar-refractivity contribution in [3.05, 3.63) is 29.6 Å². The van der Waals surface area contributed by atoms with Gasteiger partial charge in [0, 0.05) is 25.7 Å². The molecular weight excluding hydrogens is 257 g/mol. The second-order valence-corrected chi connectivity index (χ2v) is 5.22. The lowest BCUT2D eigenvalue weighted by molar-refractivity contribution is 0.480. The molecule has 1 atom stereocenters. The third kappa shape index (κ3) is 2.38. The number of anilines is 1. The minimum Gasteiger partial charge on any atom is -0.337 e. The molecule has 0 spiro atoms. The number of nitrogens with one attached hydrogen (secondary N) is 2. The van der Waals surface area contributed by atoms with Gasteiger partial charge in [-0.25, -0.2) is 4.39 Å². The van der Waals surface area contributed by atoms with E-state index in [4.69, 9.17) is 0 Å². The molecule has 1 aliphatic heterocycles. The molecule has 1 aromatic carbocycles. The molecule has 20 heavy (non-hydrogen) atoms. The Morgan fingerprint density at radius 2 is 2.25 bits per heavy atom. The Bertz CT molecular complexity index is 609. The molecule has 2 heterocycles. The van der Waals surface area contributed by atoms with Gasteiger partial charge in [0.05, 0.1) is 5.56 Å². The van der Waals surface area contributed by atoms with E-state index in [-0.39, 0.29) is 5.82 Å². The van der Waals surface area contributed by atoms with Crippen molar-refractivity contribution in [2.24, 2.45) is 0 Å². The van der Waals surface area contributed by atoms with Crippen LogP contribution in [0.4, 0.5) is 10.3 Å². The summed E-state index contributed by atoms with van der Waals surface area (Å²) in [6.45, 7) is 6.49. The smallest absolute Gasteiger partial charge is 0.245 e. The summed E-state index contributed by atoms with van der Waals surface area (Å²) in [5, 5.41) is 10.4. The molecule has 2 N–H and O–H groups in total. The second-order valence-electron chi connectivity index (χ2n) is 5.22. The molecule has 1 aliphatic rings. The van der Waals surface area contributed by atoms with Crippen molar-refractivity contribution >= 4 is 5.95 Å². The number of hydrogen-bond donors (Lipinski definition) is 2. The second kappa shape index (κ2) is 5.20. The van der Waals surface area contributed by atoms with Crippen molar-refractivity contribution < 1.29 is 4.39 Å². The number of aromatic amines is 1. The van der Waals surface area contributed by atoms with Crippen LogP contribution in [0.2, 0.25) is 0 Å². The molecule has 1 aromatic heterocycles. The van der Waals surface area contributed by atoms with Crippen LogP contribution in [0.3, 0.4) is 0 Å². The van der Waals surface area contributed by atoms with Crippen molar-refractivity contribution in [3.63, 3.8) is 0 Å². The first kappa shape index (κ1) is 13.1. The van der Waals surface area contributed by atoms with Crippen molar-refractivity contribution in [2.45, 2.75) is 19.9 Å². The van der Waals surface area contributed by atoms with Gasteiger partial charge in [-0.3, -0.25) is 5.10 Å². The van der Waals surface area contributed by atoms with E-state index in [9.17, 15) is 4.39 Å². The normalized spacial score (nSPS) is 19.4. The fourth-order valence-electron chi connectivity index (χ4n) is 2.46. The number of H-pyrrole nitrogens is 1. The van der Waals surface area contributed by atoms with E-state index in [1.54, 1.807) is 19.1 Å². The van der Waals surface area contributed by atoms with E-state index in [0.717, 1.165) is 19.6 Å². The Hall–Kier alpha value is -1.95. The summed E-state index contributed by atoms with van der Waals surface area (Å²) in [6.07, 6.45) is 0. The maximum absolute atomic E-state index is 14.1. The summed E-state index contributed by atoms with van der Waals surface area (Å²) in [7, 11) is 0. The van der Waals surface area contributed by atoms with E-state index in [2.05, 4.69) is 32.3 Å². The number of aryl methyl sites for hydroxylation is 1. The molecule has 2 aromatic rings. The maximum atomic E-state index is 14.1. The van der Waals surface area contributed by atoms with Gasteiger partial charge in [-0.05, 0) is 25.5 Å². The highest BCUT2D eigenvalue weighted by molar-refractivity contribution is 5.58. The van der Waals surface area contributed by atoms with Gasteiger partial charge in [0.25, 0.3) is 0 Å². The van der Waals surface area contributed by atoms with Gasteiger partial charge in [0.2, 0.25) is 5.95 Å². The van der Waals surface area contributed by atoms with Crippen molar-refractivity contribution in [3.8, 4) is 11.4 Å². The van der Waals surface area contributed by atoms with Crippen LogP contribution in [-0.2, 0) is 0 Å². The average Bonchev–Trinajstić information content (AvgIpc) is 2.91. The topological polar surface area (TPSA) is 56.8 Å². The third-order valence-electron chi connectivity index (χ3n) is 3.57. The maximum Gasteiger partial charge on any atom is 0.245 e. The number of aromatic nitrogens is 3. The van der Waals surface area contributed by atoms with Crippen LogP contribution < -0.4 is 10.2 Å². The standard InChI is InChI=1S/C14H18FN5/c1-9-4-3-5-11(12(9)15)13-17-14(19-18-13)20-7-6-16-10(2)8-20/h3-5,10,16H,6-8H2,1-2H3,(H,17,18,19)/t10-/m0/s1. The molecule has 6 heteroatoms. The largest absolute Gasteiger partial charge is 0.337 e. The van der Waals surface area contributed by atoms with Gasteiger partial charge >= 0.3 is 0 Å². The number of rotatable bonds is 2. The first-order valence-electron chi connectivity index (χ1n) is 6.81. The zero-order valence-corrected chi connectivity index (χ0v) is 11.7. The van der Waals surface area contributed by atoms with Crippen LogP contribution in [0.1, 0.15) is 12.5 Å². The highest BCUT2D eigenvalue weighted by Crippen LogP contribution is 2.23. The van der Waals surface area contributed by atoms with Crippen LogP contribution in [0.25, 0.3) is 11.4 Å². The monoisotopic (exact) mass is 275 g/mol. The SMILES string of the molecule is Cc1cccc(-c2nc(N3CCN[C@@H](C)C3)n[nH]2)c1F. The lowest BCUT2D eigenvalue weighted by Gasteiger charge is -2.30. The lowest BCUT2D eigenvalue weighted by atomic mass is 10.1. The Balaban J connectivity index is 1.88. The molecule has 0 aliphatic carbocycles. The van der Waals surface area contributed by atoms with E-state index >= 15 is 0 Å². The molecule has 0 bridgehead atoms. The summed E-state index contributed by atoms with van der Waals surface area (Å²) in [5.41, 5.74) is 1.07. The van der Waals surface area contributed by atoms with E-state index in [1.807, 2.05) is 6.07 Å². The first-order chi connectivity index (χ1) is 9.65. The number of piperazine rings is 1. The Labute approximate surface area is 117 Å². The first-order valence-corrected chi connectivity index (χ1v) is 6.81. The summed E-state index contributed by atoms with van der Waals surface area (Å²) in [4.78, 5) is 6.54. The molecule has 3 rings (SSSR count). The summed E-state index contributed by atoms with van der Waals surface area (Å²) in [6, 6.07) is 5.69. The van der Waals surface area contributed by atoms with Crippen LogP contribution in [0.15, 0.2) is 18.2 Å². The number of benzene rings is 1. The molecule has 0 amide bonds. The Kier molecular flexibility index (Phi) is 3.40.